The highest BCUT2D eigenvalue weighted by Gasteiger charge is 2.19. The van der Waals surface area contributed by atoms with Gasteiger partial charge in [-0.1, -0.05) is 42.5 Å². The van der Waals surface area contributed by atoms with Crippen LogP contribution < -0.4 is 0 Å². The van der Waals surface area contributed by atoms with Gasteiger partial charge in [-0.3, -0.25) is 4.98 Å². The average molecular weight is 328 g/mol. The van der Waals surface area contributed by atoms with Gasteiger partial charge in [0.15, 0.2) is 0 Å². The molecule has 1 aromatic heterocycles. The average Bonchev–Trinajstić information content (AvgIpc) is 2.65. The Balaban J connectivity index is 1.77. The third-order valence-electron chi connectivity index (χ3n) is 4.81. The van der Waals surface area contributed by atoms with Gasteiger partial charge < -0.3 is 10.0 Å². The van der Waals surface area contributed by atoms with Crippen LogP contribution in [0.4, 0.5) is 0 Å². The lowest BCUT2D eigenvalue weighted by molar-refractivity contribution is 0.420. The van der Waals surface area contributed by atoms with Gasteiger partial charge in [0.25, 0.3) is 0 Å². The van der Waals surface area contributed by atoms with Gasteiger partial charge in [0.2, 0.25) is 0 Å². The van der Waals surface area contributed by atoms with Crippen LogP contribution in [0.2, 0.25) is 0 Å². The largest absolute Gasteiger partial charge is 0.505 e. The van der Waals surface area contributed by atoms with E-state index in [4.69, 9.17) is 0 Å². The summed E-state index contributed by atoms with van der Waals surface area (Å²) < 4.78 is 0. The minimum Gasteiger partial charge on any atom is -0.505 e. The lowest BCUT2D eigenvalue weighted by Crippen LogP contribution is -2.30. The molecule has 0 spiro atoms. The molecule has 2 heterocycles. The Morgan fingerprint density at radius 1 is 1.20 bits per heavy atom. The first-order valence-corrected chi connectivity index (χ1v) is 8.40. The first-order chi connectivity index (χ1) is 12.1. The van der Waals surface area contributed by atoms with Crippen molar-refractivity contribution < 1.29 is 5.11 Å². The zero-order valence-corrected chi connectivity index (χ0v) is 14.3. The number of allylic oxidation sites excluding steroid dienone is 5. The van der Waals surface area contributed by atoms with Gasteiger partial charge in [0, 0.05) is 30.4 Å². The molecule has 0 amide bonds. The SMILES string of the molecule is Cc1cc(C=CC2=C3C=CC=CC3N(C)C=C2)c(O)c2ncccc12. The van der Waals surface area contributed by atoms with Crippen LogP contribution in [0, 0.1) is 6.92 Å². The van der Waals surface area contributed by atoms with E-state index in [-0.39, 0.29) is 11.8 Å². The first kappa shape index (κ1) is 15.5. The lowest BCUT2D eigenvalue weighted by atomic mass is 9.92. The van der Waals surface area contributed by atoms with E-state index in [0.717, 1.165) is 22.1 Å². The minimum atomic E-state index is 0.232. The van der Waals surface area contributed by atoms with E-state index in [1.165, 1.54) is 5.57 Å². The highest BCUT2D eigenvalue weighted by atomic mass is 16.3. The van der Waals surface area contributed by atoms with Gasteiger partial charge in [-0.25, -0.2) is 0 Å². The number of pyridine rings is 1. The topological polar surface area (TPSA) is 36.4 Å². The molecule has 3 heteroatoms. The fourth-order valence-electron chi connectivity index (χ4n) is 3.43. The zero-order valence-electron chi connectivity index (χ0n) is 14.3. The fourth-order valence-corrected chi connectivity index (χ4v) is 3.43. The number of hydrogen-bond acceptors (Lipinski definition) is 3. The fraction of sp³-hybridized carbons (Fsp3) is 0.136. The highest BCUT2D eigenvalue weighted by Crippen LogP contribution is 2.32. The van der Waals surface area contributed by atoms with E-state index in [2.05, 4.69) is 59.6 Å². The van der Waals surface area contributed by atoms with E-state index in [0.29, 0.717) is 5.52 Å². The molecule has 2 aromatic rings. The molecule has 25 heavy (non-hydrogen) atoms. The van der Waals surface area contributed by atoms with Crippen molar-refractivity contribution in [2.24, 2.45) is 0 Å². The van der Waals surface area contributed by atoms with Crippen LogP contribution in [0.3, 0.4) is 0 Å². The molecule has 0 fully saturated rings. The molecule has 1 unspecified atom stereocenters. The number of aryl methyl sites for hydroxylation is 1. The first-order valence-electron chi connectivity index (χ1n) is 8.40. The molecule has 1 N–H and O–H groups in total. The van der Waals surface area contributed by atoms with Gasteiger partial charge in [-0.2, -0.15) is 0 Å². The second-order valence-corrected chi connectivity index (χ2v) is 6.44. The second-order valence-electron chi connectivity index (χ2n) is 6.44. The van der Waals surface area contributed by atoms with Crippen molar-refractivity contribution in [1.29, 1.82) is 0 Å². The Bertz CT molecular complexity index is 992. The van der Waals surface area contributed by atoms with Crippen LogP contribution in [0.5, 0.6) is 5.75 Å². The molecular formula is C22H20N2O. The number of fused-ring (bicyclic) bond motifs is 2. The Morgan fingerprint density at radius 2 is 2.08 bits per heavy atom. The van der Waals surface area contributed by atoms with Crippen LogP contribution >= 0.6 is 0 Å². The van der Waals surface area contributed by atoms with E-state index in [1.807, 2.05) is 31.2 Å². The number of phenols is 1. The summed E-state index contributed by atoms with van der Waals surface area (Å²) in [7, 11) is 2.08. The van der Waals surface area contributed by atoms with Crippen molar-refractivity contribution in [1.82, 2.24) is 9.88 Å². The molecule has 0 radical (unpaired) electrons. The molecule has 124 valence electrons. The summed E-state index contributed by atoms with van der Waals surface area (Å²) in [5.41, 5.74) is 4.96. The van der Waals surface area contributed by atoms with Crippen molar-refractivity contribution in [3.8, 4) is 5.75 Å². The number of rotatable bonds is 2. The summed E-state index contributed by atoms with van der Waals surface area (Å²) in [6.45, 7) is 2.04. The Labute approximate surface area is 147 Å². The van der Waals surface area contributed by atoms with Crippen LogP contribution in [0.1, 0.15) is 11.1 Å². The molecule has 4 rings (SSSR count). The van der Waals surface area contributed by atoms with Crippen molar-refractivity contribution in [3.05, 3.63) is 89.3 Å². The van der Waals surface area contributed by atoms with E-state index in [9.17, 15) is 5.11 Å². The molecule has 0 saturated heterocycles. The number of phenolic OH excluding ortho intramolecular Hbond substituents is 1. The predicted octanol–water partition coefficient (Wildman–Crippen LogP) is 4.51. The smallest absolute Gasteiger partial charge is 0.149 e. The molecule has 0 bridgehead atoms. The van der Waals surface area contributed by atoms with Crippen LogP contribution in [-0.4, -0.2) is 28.1 Å². The number of aromatic nitrogens is 1. The van der Waals surface area contributed by atoms with Crippen molar-refractivity contribution in [3.63, 3.8) is 0 Å². The van der Waals surface area contributed by atoms with Gasteiger partial charge in [-0.15, -0.1) is 0 Å². The molecule has 1 atom stereocenters. The number of hydrogen-bond donors (Lipinski definition) is 1. The maximum Gasteiger partial charge on any atom is 0.149 e. The maximum absolute atomic E-state index is 10.6. The standard InChI is InChI=1S/C22H20N2O/c1-15-14-17(22(25)21-18(15)7-5-12-23-21)10-9-16-11-13-24(2)20-8-4-3-6-19(16)20/h3-14,20,25H,1-2H3. The summed E-state index contributed by atoms with van der Waals surface area (Å²) >= 11 is 0. The van der Waals surface area contributed by atoms with E-state index >= 15 is 0 Å². The summed E-state index contributed by atoms with van der Waals surface area (Å²) in [4.78, 5) is 6.52. The molecule has 1 aromatic carbocycles. The number of likely N-dealkylation sites (N-methyl/N-ethyl adjacent to an activating group) is 1. The normalized spacial score (nSPS) is 19.3. The zero-order chi connectivity index (χ0) is 17.4. The van der Waals surface area contributed by atoms with E-state index < -0.39 is 0 Å². The summed E-state index contributed by atoms with van der Waals surface area (Å²) in [6, 6.07) is 6.15. The van der Waals surface area contributed by atoms with Crippen LogP contribution in [0.15, 0.2) is 78.2 Å². The van der Waals surface area contributed by atoms with Gasteiger partial charge in [0.1, 0.15) is 11.3 Å². The third kappa shape index (κ3) is 2.68. The molecular weight excluding hydrogens is 308 g/mol. The number of aromatic hydroxyl groups is 1. The Hall–Kier alpha value is -3.07. The van der Waals surface area contributed by atoms with Gasteiger partial charge in [0.05, 0.1) is 6.04 Å². The highest BCUT2D eigenvalue weighted by molar-refractivity contribution is 5.90. The summed E-state index contributed by atoms with van der Waals surface area (Å²) in [6.07, 6.45) is 18.4. The second kappa shape index (κ2) is 6.10. The number of benzene rings is 1. The lowest BCUT2D eigenvalue weighted by Gasteiger charge is -2.31. The molecule has 3 nitrogen and oxygen atoms in total. The minimum absolute atomic E-state index is 0.232. The quantitative estimate of drug-likeness (QED) is 0.881. The van der Waals surface area contributed by atoms with Crippen molar-refractivity contribution in [2.45, 2.75) is 13.0 Å². The molecule has 1 aliphatic heterocycles. The van der Waals surface area contributed by atoms with Crippen molar-refractivity contribution >= 4 is 17.0 Å². The van der Waals surface area contributed by atoms with Gasteiger partial charge >= 0.3 is 0 Å². The monoisotopic (exact) mass is 328 g/mol. The molecule has 0 saturated carbocycles. The summed E-state index contributed by atoms with van der Waals surface area (Å²) in [5, 5.41) is 11.6. The predicted molar refractivity (Wildman–Crippen MR) is 103 cm³/mol. The molecule has 1 aliphatic carbocycles. The Morgan fingerprint density at radius 3 is 2.96 bits per heavy atom. The maximum atomic E-state index is 10.6. The van der Waals surface area contributed by atoms with E-state index in [1.54, 1.807) is 6.20 Å². The number of nitrogens with zero attached hydrogens (tertiary/aromatic N) is 2. The Kier molecular flexibility index (Phi) is 3.77. The van der Waals surface area contributed by atoms with Crippen LogP contribution in [0.25, 0.3) is 17.0 Å². The van der Waals surface area contributed by atoms with Crippen molar-refractivity contribution in [2.75, 3.05) is 7.05 Å². The van der Waals surface area contributed by atoms with Crippen LogP contribution in [-0.2, 0) is 0 Å². The molecule has 2 aliphatic rings. The third-order valence-corrected chi connectivity index (χ3v) is 4.81. The summed E-state index contributed by atoms with van der Waals surface area (Å²) in [5.74, 6) is 0.232. The van der Waals surface area contributed by atoms with Gasteiger partial charge in [-0.05, 0) is 41.8 Å².